The number of nitrogens with zero attached hydrogens (tertiary/aromatic N) is 3. The van der Waals surface area contributed by atoms with Crippen LogP contribution in [0.25, 0.3) is 0 Å². The zero-order valence-corrected chi connectivity index (χ0v) is 13.7. The van der Waals surface area contributed by atoms with Crippen molar-refractivity contribution in [1.29, 1.82) is 0 Å². The molecule has 0 bridgehead atoms. The van der Waals surface area contributed by atoms with Gasteiger partial charge in [-0.2, -0.15) is 0 Å². The SMILES string of the molecule is Cc1nnc(SCC(=O)N[C@H]2CCCC[C@H]2C)n1C1CC1. The maximum atomic E-state index is 12.1. The first kappa shape index (κ1) is 14.9. The fourth-order valence-corrected chi connectivity index (χ4v) is 3.97. The summed E-state index contributed by atoms with van der Waals surface area (Å²) in [6, 6.07) is 0.916. The Morgan fingerprint density at radius 1 is 1.29 bits per heavy atom. The Kier molecular flexibility index (Phi) is 4.52. The zero-order valence-electron chi connectivity index (χ0n) is 12.8. The molecule has 1 heterocycles. The van der Waals surface area contributed by atoms with Gasteiger partial charge in [-0.1, -0.05) is 31.5 Å². The van der Waals surface area contributed by atoms with E-state index in [2.05, 4.69) is 27.0 Å². The molecule has 1 N–H and O–H groups in total. The van der Waals surface area contributed by atoms with Gasteiger partial charge in [0.05, 0.1) is 5.75 Å². The van der Waals surface area contributed by atoms with Crippen molar-refractivity contribution in [2.24, 2.45) is 5.92 Å². The van der Waals surface area contributed by atoms with Crippen molar-refractivity contribution in [3.63, 3.8) is 0 Å². The summed E-state index contributed by atoms with van der Waals surface area (Å²) in [7, 11) is 0. The molecule has 6 heteroatoms. The topological polar surface area (TPSA) is 59.8 Å². The molecule has 2 aliphatic rings. The van der Waals surface area contributed by atoms with E-state index >= 15 is 0 Å². The number of carbonyl (C=O) groups is 1. The van der Waals surface area contributed by atoms with Gasteiger partial charge in [0.1, 0.15) is 5.82 Å². The fourth-order valence-electron chi connectivity index (χ4n) is 3.11. The number of amides is 1. The predicted octanol–water partition coefficient (Wildman–Crippen LogP) is 2.71. The monoisotopic (exact) mass is 308 g/mol. The second-order valence-electron chi connectivity index (χ2n) is 6.36. The molecule has 1 aromatic heterocycles. The van der Waals surface area contributed by atoms with Crippen molar-refractivity contribution in [2.75, 3.05) is 5.75 Å². The molecule has 0 radical (unpaired) electrons. The molecule has 0 saturated heterocycles. The molecule has 0 aromatic carbocycles. The molecule has 21 heavy (non-hydrogen) atoms. The lowest BCUT2D eigenvalue weighted by molar-refractivity contribution is -0.119. The quantitative estimate of drug-likeness (QED) is 0.850. The van der Waals surface area contributed by atoms with E-state index in [4.69, 9.17) is 0 Å². The number of nitrogens with one attached hydrogen (secondary N) is 1. The second-order valence-corrected chi connectivity index (χ2v) is 7.30. The molecule has 3 rings (SSSR count). The Hall–Kier alpha value is -1.04. The van der Waals surface area contributed by atoms with Gasteiger partial charge in [-0.25, -0.2) is 0 Å². The van der Waals surface area contributed by atoms with Crippen LogP contribution < -0.4 is 5.32 Å². The van der Waals surface area contributed by atoms with E-state index in [-0.39, 0.29) is 5.91 Å². The highest BCUT2D eigenvalue weighted by molar-refractivity contribution is 7.99. The molecule has 2 aliphatic carbocycles. The Labute approximate surface area is 130 Å². The van der Waals surface area contributed by atoms with Crippen molar-refractivity contribution in [3.05, 3.63) is 5.82 Å². The van der Waals surface area contributed by atoms with Crippen LogP contribution in [0.1, 0.15) is 57.3 Å². The maximum absolute atomic E-state index is 12.1. The van der Waals surface area contributed by atoms with Gasteiger partial charge in [0.2, 0.25) is 5.91 Å². The van der Waals surface area contributed by atoms with Gasteiger partial charge in [-0.3, -0.25) is 4.79 Å². The normalized spacial score (nSPS) is 25.8. The van der Waals surface area contributed by atoms with Crippen LogP contribution in [-0.4, -0.2) is 32.5 Å². The standard InChI is InChI=1S/C15H24N4OS/c1-10-5-3-4-6-13(10)16-14(20)9-21-15-18-17-11(2)19(15)12-7-8-12/h10,12-13H,3-9H2,1-2H3,(H,16,20)/t10-,13+/m1/s1. The van der Waals surface area contributed by atoms with Crippen LogP contribution in [0.4, 0.5) is 0 Å². The zero-order chi connectivity index (χ0) is 14.8. The maximum Gasteiger partial charge on any atom is 0.230 e. The average Bonchev–Trinajstić information content (AvgIpc) is 3.23. The number of thioether (sulfide) groups is 1. The highest BCUT2D eigenvalue weighted by atomic mass is 32.2. The van der Waals surface area contributed by atoms with Crippen molar-refractivity contribution in [2.45, 2.75) is 69.6 Å². The fraction of sp³-hybridized carbons (Fsp3) is 0.800. The molecular weight excluding hydrogens is 284 g/mol. The number of aromatic nitrogens is 3. The third-order valence-electron chi connectivity index (χ3n) is 4.54. The third kappa shape index (κ3) is 3.59. The van der Waals surface area contributed by atoms with E-state index in [9.17, 15) is 4.79 Å². The van der Waals surface area contributed by atoms with Crippen LogP contribution in [0.3, 0.4) is 0 Å². The van der Waals surface area contributed by atoms with Crippen LogP contribution in [0.5, 0.6) is 0 Å². The molecule has 0 spiro atoms. The van der Waals surface area contributed by atoms with Gasteiger partial charge < -0.3 is 9.88 Å². The number of rotatable bonds is 5. The molecule has 2 atom stereocenters. The minimum Gasteiger partial charge on any atom is -0.352 e. The number of carbonyl (C=O) groups excluding carboxylic acids is 1. The minimum atomic E-state index is 0.127. The van der Waals surface area contributed by atoms with Gasteiger partial charge in [0, 0.05) is 12.1 Å². The third-order valence-corrected chi connectivity index (χ3v) is 5.48. The average molecular weight is 308 g/mol. The van der Waals surface area contributed by atoms with E-state index in [0.717, 1.165) is 17.4 Å². The van der Waals surface area contributed by atoms with Crippen LogP contribution in [0.2, 0.25) is 0 Å². The molecule has 0 aliphatic heterocycles. The summed E-state index contributed by atoms with van der Waals surface area (Å²) in [4.78, 5) is 12.1. The lowest BCUT2D eigenvalue weighted by atomic mass is 9.86. The Balaban J connectivity index is 1.51. The van der Waals surface area contributed by atoms with E-state index in [1.165, 1.54) is 43.9 Å². The molecule has 2 saturated carbocycles. The Morgan fingerprint density at radius 2 is 2.05 bits per heavy atom. The number of hydrogen-bond acceptors (Lipinski definition) is 4. The van der Waals surface area contributed by atoms with E-state index < -0.39 is 0 Å². The molecule has 0 unspecified atom stereocenters. The summed E-state index contributed by atoms with van der Waals surface area (Å²) < 4.78 is 2.18. The van der Waals surface area contributed by atoms with Gasteiger partial charge in [0.25, 0.3) is 0 Å². The first-order valence-corrected chi connectivity index (χ1v) is 8.97. The summed E-state index contributed by atoms with van der Waals surface area (Å²) in [6.07, 6.45) is 7.29. The first-order valence-electron chi connectivity index (χ1n) is 7.99. The van der Waals surface area contributed by atoms with Crippen molar-refractivity contribution >= 4 is 17.7 Å². The molecule has 5 nitrogen and oxygen atoms in total. The van der Waals surface area contributed by atoms with Crippen LogP contribution in [0.15, 0.2) is 5.16 Å². The summed E-state index contributed by atoms with van der Waals surface area (Å²) in [5, 5.41) is 12.4. The highest BCUT2D eigenvalue weighted by Gasteiger charge is 2.29. The van der Waals surface area contributed by atoms with Gasteiger partial charge in [-0.05, 0) is 38.5 Å². The van der Waals surface area contributed by atoms with Crippen LogP contribution >= 0.6 is 11.8 Å². The summed E-state index contributed by atoms with van der Waals surface area (Å²) in [5.41, 5.74) is 0. The highest BCUT2D eigenvalue weighted by Crippen LogP contribution is 2.38. The summed E-state index contributed by atoms with van der Waals surface area (Å²) >= 11 is 1.51. The van der Waals surface area contributed by atoms with Crippen LogP contribution in [-0.2, 0) is 4.79 Å². The van der Waals surface area contributed by atoms with E-state index in [1.807, 2.05) is 6.92 Å². The lowest BCUT2D eigenvalue weighted by Crippen LogP contribution is -2.41. The minimum absolute atomic E-state index is 0.127. The molecule has 1 aromatic rings. The molecule has 1 amide bonds. The largest absolute Gasteiger partial charge is 0.352 e. The van der Waals surface area contributed by atoms with Gasteiger partial charge >= 0.3 is 0 Å². The van der Waals surface area contributed by atoms with Crippen LogP contribution in [0, 0.1) is 12.8 Å². The smallest absolute Gasteiger partial charge is 0.230 e. The molecule has 116 valence electrons. The second kappa shape index (κ2) is 6.38. The molecular formula is C15H24N4OS. The first-order chi connectivity index (χ1) is 10.1. The molecule has 2 fully saturated rings. The Bertz CT molecular complexity index is 512. The van der Waals surface area contributed by atoms with Crippen molar-refractivity contribution in [1.82, 2.24) is 20.1 Å². The van der Waals surface area contributed by atoms with E-state index in [1.54, 1.807) is 0 Å². The van der Waals surface area contributed by atoms with Crippen molar-refractivity contribution in [3.8, 4) is 0 Å². The lowest BCUT2D eigenvalue weighted by Gasteiger charge is -2.29. The van der Waals surface area contributed by atoms with Crippen molar-refractivity contribution < 1.29 is 4.79 Å². The van der Waals surface area contributed by atoms with Gasteiger partial charge in [-0.15, -0.1) is 10.2 Å². The van der Waals surface area contributed by atoms with Gasteiger partial charge in [0.15, 0.2) is 5.16 Å². The number of hydrogen-bond donors (Lipinski definition) is 1. The Morgan fingerprint density at radius 3 is 2.76 bits per heavy atom. The number of aryl methyl sites for hydroxylation is 1. The van der Waals surface area contributed by atoms with E-state index in [0.29, 0.717) is 23.8 Å². The summed E-state index contributed by atoms with van der Waals surface area (Å²) in [6.45, 7) is 4.23. The summed E-state index contributed by atoms with van der Waals surface area (Å²) in [5.74, 6) is 2.13. The predicted molar refractivity (Wildman–Crippen MR) is 83.3 cm³/mol.